The Labute approximate surface area is 121 Å². The van der Waals surface area contributed by atoms with Crippen molar-refractivity contribution in [1.82, 2.24) is 4.90 Å². The number of amides is 1. The van der Waals surface area contributed by atoms with Gasteiger partial charge in [0.2, 0.25) is 5.91 Å². The molecule has 1 aromatic carbocycles. The molecule has 0 saturated carbocycles. The van der Waals surface area contributed by atoms with Crippen molar-refractivity contribution < 1.29 is 22.7 Å². The van der Waals surface area contributed by atoms with E-state index in [1.165, 1.54) is 12.1 Å². The third-order valence-corrected chi connectivity index (χ3v) is 2.80. The first-order valence-electron chi connectivity index (χ1n) is 6.47. The molecule has 0 heterocycles. The molecule has 0 aliphatic heterocycles. The normalized spacial score (nSPS) is 11.7. The van der Waals surface area contributed by atoms with Crippen LogP contribution in [0, 0.1) is 0 Å². The average Bonchev–Trinajstić information content (AvgIpc) is 2.38. The largest absolute Gasteiger partial charge is 0.416 e. The van der Waals surface area contributed by atoms with Crippen molar-refractivity contribution in [2.24, 2.45) is 0 Å². The van der Waals surface area contributed by atoms with E-state index in [1.807, 2.05) is 4.90 Å². The smallest absolute Gasteiger partial charge is 0.385 e. The number of halogens is 3. The molecule has 1 aromatic rings. The fourth-order valence-corrected chi connectivity index (χ4v) is 1.75. The third kappa shape index (κ3) is 6.59. The van der Waals surface area contributed by atoms with Crippen molar-refractivity contribution in [2.45, 2.75) is 12.6 Å². The number of anilines is 1. The highest BCUT2D eigenvalue weighted by Gasteiger charge is 2.29. The topological polar surface area (TPSA) is 41.6 Å². The van der Waals surface area contributed by atoms with Crippen LogP contribution in [-0.2, 0) is 15.7 Å². The number of hydrogen-bond acceptors (Lipinski definition) is 3. The number of alkyl halides is 3. The van der Waals surface area contributed by atoms with Crippen LogP contribution < -0.4 is 5.32 Å². The van der Waals surface area contributed by atoms with Gasteiger partial charge in [-0.1, -0.05) is 0 Å². The molecule has 7 heteroatoms. The molecule has 0 saturated heterocycles. The van der Waals surface area contributed by atoms with Gasteiger partial charge in [0.1, 0.15) is 0 Å². The molecule has 0 atom stereocenters. The molecule has 0 aromatic heterocycles. The molecule has 0 aliphatic carbocycles. The quantitative estimate of drug-likeness (QED) is 0.787. The number of likely N-dealkylation sites (N-methyl/N-ethyl adjacent to an activating group) is 1. The molecule has 0 radical (unpaired) electrons. The van der Waals surface area contributed by atoms with Gasteiger partial charge in [-0.05, 0) is 37.7 Å². The van der Waals surface area contributed by atoms with Gasteiger partial charge in [0.15, 0.2) is 0 Å². The first-order valence-corrected chi connectivity index (χ1v) is 6.47. The summed E-state index contributed by atoms with van der Waals surface area (Å²) in [6.07, 6.45) is -3.56. The van der Waals surface area contributed by atoms with Crippen LogP contribution in [0.1, 0.15) is 12.0 Å². The first kappa shape index (κ1) is 17.5. The summed E-state index contributed by atoms with van der Waals surface area (Å²) in [6, 6.07) is 4.37. The number of methoxy groups -OCH3 is 1. The van der Waals surface area contributed by atoms with Crippen LogP contribution in [0.5, 0.6) is 0 Å². The Morgan fingerprint density at radius 3 is 2.43 bits per heavy atom. The van der Waals surface area contributed by atoms with Crippen molar-refractivity contribution in [2.75, 3.05) is 39.2 Å². The zero-order valence-corrected chi connectivity index (χ0v) is 12.0. The summed E-state index contributed by atoms with van der Waals surface area (Å²) in [7, 11) is 3.40. The van der Waals surface area contributed by atoms with Gasteiger partial charge in [0, 0.05) is 25.9 Å². The average molecular weight is 304 g/mol. The molecule has 1 rings (SSSR count). The lowest BCUT2D eigenvalue weighted by Gasteiger charge is -2.16. The van der Waals surface area contributed by atoms with Crippen molar-refractivity contribution in [3.8, 4) is 0 Å². The molecule has 0 fully saturated rings. The maximum atomic E-state index is 12.4. The molecular formula is C14H19F3N2O2. The zero-order chi connectivity index (χ0) is 15.9. The number of carbonyl (C=O) groups excluding carboxylic acids is 1. The van der Waals surface area contributed by atoms with Crippen LogP contribution in [0.25, 0.3) is 0 Å². The van der Waals surface area contributed by atoms with Gasteiger partial charge in [-0.25, -0.2) is 0 Å². The Hall–Kier alpha value is -1.60. The molecule has 0 unspecified atom stereocenters. The minimum atomic E-state index is -4.37. The summed E-state index contributed by atoms with van der Waals surface area (Å²) in [5.74, 6) is -0.269. The Kier molecular flexibility index (Phi) is 6.64. The van der Waals surface area contributed by atoms with Crippen LogP contribution in [0.15, 0.2) is 24.3 Å². The number of hydrogen-bond donors (Lipinski definition) is 1. The maximum Gasteiger partial charge on any atom is 0.416 e. The second kappa shape index (κ2) is 7.99. The molecule has 4 nitrogen and oxygen atoms in total. The number of rotatable bonds is 7. The second-order valence-corrected chi connectivity index (χ2v) is 4.71. The molecule has 0 bridgehead atoms. The molecule has 0 spiro atoms. The van der Waals surface area contributed by atoms with Crippen LogP contribution in [0.2, 0.25) is 0 Å². The molecular weight excluding hydrogens is 285 g/mol. The van der Waals surface area contributed by atoms with E-state index in [2.05, 4.69) is 5.32 Å². The van der Waals surface area contributed by atoms with E-state index in [0.29, 0.717) is 18.8 Å². The van der Waals surface area contributed by atoms with Crippen LogP contribution in [0.4, 0.5) is 18.9 Å². The van der Waals surface area contributed by atoms with Gasteiger partial charge in [-0.15, -0.1) is 0 Å². The van der Waals surface area contributed by atoms with Gasteiger partial charge in [-0.3, -0.25) is 9.69 Å². The van der Waals surface area contributed by atoms with E-state index >= 15 is 0 Å². The Bertz CT molecular complexity index is 447. The Balaban J connectivity index is 2.44. The predicted molar refractivity (Wildman–Crippen MR) is 74.1 cm³/mol. The van der Waals surface area contributed by atoms with E-state index < -0.39 is 11.7 Å². The Morgan fingerprint density at radius 1 is 1.29 bits per heavy atom. The summed E-state index contributed by atoms with van der Waals surface area (Å²) in [6.45, 7) is 1.49. The molecule has 118 valence electrons. The standard InChI is InChI=1S/C14H19F3N2O2/c1-19(8-3-9-21-2)10-13(20)18-12-6-4-11(5-7-12)14(15,16)17/h4-7H,3,8-10H2,1-2H3,(H,18,20). The van der Waals surface area contributed by atoms with Gasteiger partial charge < -0.3 is 10.1 Å². The van der Waals surface area contributed by atoms with E-state index in [4.69, 9.17) is 4.74 Å². The maximum absolute atomic E-state index is 12.4. The fraction of sp³-hybridized carbons (Fsp3) is 0.500. The molecule has 1 amide bonds. The van der Waals surface area contributed by atoms with E-state index in [0.717, 1.165) is 18.6 Å². The summed E-state index contributed by atoms with van der Waals surface area (Å²) in [5, 5.41) is 2.56. The molecule has 1 N–H and O–H groups in total. The van der Waals surface area contributed by atoms with E-state index in [-0.39, 0.29) is 12.5 Å². The lowest BCUT2D eigenvalue weighted by atomic mass is 10.2. The fourth-order valence-electron chi connectivity index (χ4n) is 1.75. The van der Waals surface area contributed by atoms with Crippen molar-refractivity contribution in [3.63, 3.8) is 0 Å². The summed E-state index contributed by atoms with van der Waals surface area (Å²) in [5.41, 5.74) is -0.393. The summed E-state index contributed by atoms with van der Waals surface area (Å²) in [4.78, 5) is 13.5. The highest BCUT2D eigenvalue weighted by atomic mass is 19.4. The van der Waals surface area contributed by atoms with Crippen molar-refractivity contribution >= 4 is 11.6 Å². The highest BCUT2D eigenvalue weighted by molar-refractivity contribution is 5.92. The predicted octanol–water partition coefficient (Wildman–Crippen LogP) is 2.61. The van der Waals surface area contributed by atoms with Crippen LogP contribution in [-0.4, -0.2) is 44.7 Å². The number of carbonyl (C=O) groups is 1. The van der Waals surface area contributed by atoms with E-state index in [9.17, 15) is 18.0 Å². The third-order valence-electron chi connectivity index (χ3n) is 2.80. The van der Waals surface area contributed by atoms with Crippen molar-refractivity contribution in [1.29, 1.82) is 0 Å². The minimum Gasteiger partial charge on any atom is -0.385 e. The number of ether oxygens (including phenoxy) is 1. The van der Waals surface area contributed by atoms with Crippen LogP contribution >= 0.6 is 0 Å². The van der Waals surface area contributed by atoms with Gasteiger partial charge in [-0.2, -0.15) is 13.2 Å². The molecule has 0 aliphatic rings. The van der Waals surface area contributed by atoms with Gasteiger partial charge >= 0.3 is 6.18 Å². The number of nitrogens with zero attached hydrogens (tertiary/aromatic N) is 1. The van der Waals surface area contributed by atoms with Crippen LogP contribution in [0.3, 0.4) is 0 Å². The van der Waals surface area contributed by atoms with E-state index in [1.54, 1.807) is 14.2 Å². The first-order chi connectivity index (χ1) is 9.82. The van der Waals surface area contributed by atoms with Gasteiger partial charge in [0.25, 0.3) is 0 Å². The van der Waals surface area contributed by atoms with Gasteiger partial charge in [0.05, 0.1) is 12.1 Å². The number of nitrogens with one attached hydrogen (secondary N) is 1. The lowest BCUT2D eigenvalue weighted by Crippen LogP contribution is -2.31. The molecule has 21 heavy (non-hydrogen) atoms. The lowest BCUT2D eigenvalue weighted by molar-refractivity contribution is -0.137. The summed E-state index contributed by atoms with van der Waals surface area (Å²) >= 11 is 0. The monoisotopic (exact) mass is 304 g/mol. The minimum absolute atomic E-state index is 0.171. The number of benzene rings is 1. The zero-order valence-electron chi connectivity index (χ0n) is 12.0. The summed E-state index contributed by atoms with van der Waals surface area (Å²) < 4.78 is 42.1. The Morgan fingerprint density at radius 2 is 1.90 bits per heavy atom. The highest BCUT2D eigenvalue weighted by Crippen LogP contribution is 2.29. The SMILES string of the molecule is COCCCN(C)CC(=O)Nc1ccc(C(F)(F)F)cc1. The second-order valence-electron chi connectivity index (χ2n) is 4.71. The van der Waals surface area contributed by atoms with Crippen molar-refractivity contribution in [3.05, 3.63) is 29.8 Å².